The Kier molecular flexibility index (Phi) is 4.48. The van der Waals surface area contributed by atoms with Gasteiger partial charge < -0.3 is 4.90 Å². The van der Waals surface area contributed by atoms with E-state index in [1.165, 1.54) is 6.92 Å². The van der Waals surface area contributed by atoms with E-state index in [-0.39, 0.29) is 13.1 Å². The zero-order valence-corrected chi connectivity index (χ0v) is 8.37. The standard InChI is InChI=1S/C8H12F5NO/c1-3-5-14(4-2)6(15)7(9,10)8(11,12)13/h3-5H2,1-2H3. The number of hydrogen-bond acceptors (Lipinski definition) is 1. The molecule has 0 aromatic rings. The van der Waals surface area contributed by atoms with Crippen LogP contribution in [0.25, 0.3) is 0 Å². The maximum Gasteiger partial charge on any atom is 0.463 e. The Bertz CT molecular complexity index is 226. The molecule has 0 fully saturated rings. The van der Waals surface area contributed by atoms with Crippen molar-refractivity contribution in [3.63, 3.8) is 0 Å². The van der Waals surface area contributed by atoms with Gasteiger partial charge in [-0.15, -0.1) is 0 Å². The molecule has 0 aromatic carbocycles. The molecule has 0 aliphatic rings. The third-order valence-electron chi connectivity index (χ3n) is 1.79. The normalized spacial score (nSPS) is 12.7. The van der Waals surface area contributed by atoms with Crippen LogP contribution in [0.3, 0.4) is 0 Å². The quantitative estimate of drug-likeness (QED) is 0.683. The van der Waals surface area contributed by atoms with E-state index in [4.69, 9.17) is 0 Å². The average Bonchev–Trinajstić information content (AvgIpc) is 2.11. The molecule has 0 rings (SSSR count). The number of carbonyl (C=O) groups excluding carboxylic acids is 1. The van der Waals surface area contributed by atoms with Crippen molar-refractivity contribution >= 4 is 5.91 Å². The zero-order chi connectivity index (χ0) is 12.3. The Labute approximate surface area is 84.0 Å². The third-order valence-corrected chi connectivity index (χ3v) is 1.79. The first kappa shape index (κ1) is 14.1. The van der Waals surface area contributed by atoms with E-state index >= 15 is 0 Å². The first-order valence-corrected chi connectivity index (χ1v) is 4.42. The smallest absolute Gasteiger partial charge is 0.337 e. The molecule has 0 spiro atoms. The van der Waals surface area contributed by atoms with Crippen LogP contribution < -0.4 is 0 Å². The highest BCUT2D eigenvalue weighted by molar-refractivity contribution is 5.84. The number of amides is 1. The third kappa shape index (κ3) is 3.04. The summed E-state index contributed by atoms with van der Waals surface area (Å²) in [7, 11) is 0. The molecule has 0 saturated carbocycles. The zero-order valence-electron chi connectivity index (χ0n) is 8.37. The van der Waals surface area contributed by atoms with Crippen molar-refractivity contribution < 1.29 is 26.7 Å². The lowest BCUT2D eigenvalue weighted by molar-refractivity contribution is -0.274. The van der Waals surface area contributed by atoms with Crippen LogP contribution in [-0.2, 0) is 4.79 Å². The van der Waals surface area contributed by atoms with Crippen LogP contribution in [0, 0.1) is 0 Å². The second-order valence-corrected chi connectivity index (χ2v) is 2.96. The summed E-state index contributed by atoms with van der Waals surface area (Å²) in [6.45, 7) is 2.65. The number of carbonyl (C=O) groups is 1. The number of nitrogens with zero attached hydrogens (tertiary/aromatic N) is 1. The van der Waals surface area contributed by atoms with Gasteiger partial charge in [-0.3, -0.25) is 4.79 Å². The summed E-state index contributed by atoms with van der Waals surface area (Å²) in [4.78, 5) is 11.4. The summed E-state index contributed by atoms with van der Waals surface area (Å²) in [5.74, 6) is -7.47. The predicted octanol–water partition coefficient (Wildman–Crippen LogP) is 2.44. The predicted molar refractivity (Wildman–Crippen MR) is 43.5 cm³/mol. The first-order chi connectivity index (χ1) is 6.68. The van der Waals surface area contributed by atoms with Crippen molar-refractivity contribution in [3.05, 3.63) is 0 Å². The molecule has 7 heteroatoms. The van der Waals surface area contributed by atoms with E-state index in [2.05, 4.69) is 0 Å². The molecule has 0 atom stereocenters. The van der Waals surface area contributed by atoms with Gasteiger partial charge in [0.15, 0.2) is 0 Å². The topological polar surface area (TPSA) is 20.3 Å². The van der Waals surface area contributed by atoms with E-state index in [1.54, 1.807) is 6.92 Å². The number of alkyl halides is 5. The Morgan fingerprint density at radius 2 is 1.60 bits per heavy atom. The molecular weight excluding hydrogens is 221 g/mol. The lowest BCUT2D eigenvalue weighted by Crippen LogP contribution is -2.52. The molecule has 0 unspecified atom stereocenters. The fourth-order valence-corrected chi connectivity index (χ4v) is 0.993. The highest BCUT2D eigenvalue weighted by atomic mass is 19.4. The van der Waals surface area contributed by atoms with Gasteiger partial charge >= 0.3 is 18.0 Å². The summed E-state index contributed by atoms with van der Waals surface area (Å²) in [6, 6.07) is 0. The minimum Gasteiger partial charge on any atom is -0.337 e. The van der Waals surface area contributed by atoms with Gasteiger partial charge in [0.2, 0.25) is 0 Å². The van der Waals surface area contributed by atoms with E-state index in [9.17, 15) is 26.7 Å². The van der Waals surface area contributed by atoms with Gasteiger partial charge in [0, 0.05) is 13.1 Å². The van der Waals surface area contributed by atoms with Gasteiger partial charge in [-0.1, -0.05) is 6.92 Å². The van der Waals surface area contributed by atoms with Gasteiger partial charge in [0.25, 0.3) is 0 Å². The lowest BCUT2D eigenvalue weighted by Gasteiger charge is -2.26. The van der Waals surface area contributed by atoms with Gasteiger partial charge in [0.1, 0.15) is 0 Å². The average molecular weight is 233 g/mol. The second-order valence-electron chi connectivity index (χ2n) is 2.96. The van der Waals surface area contributed by atoms with Gasteiger partial charge in [-0.05, 0) is 13.3 Å². The van der Waals surface area contributed by atoms with Crippen molar-refractivity contribution in [2.45, 2.75) is 32.4 Å². The van der Waals surface area contributed by atoms with Crippen LogP contribution in [0.5, 0.6) is 0 Å². The van der Waals surface area contributed by atoms with Crippen molar-refractivity contribution in [2.24, 2.45) is 0 Å². The molecule has 0 aliphatic carbocycles. The highest BCUT2D eigenvalue weighted by Crippen LogP contribution is 2.36. The lowest BCUT2D eigenvalue weighted by atomic mass is 10.2. The molecule has 0 heterocycles. The molecule has 0 aromatic heterocycles. The molecule has 0 aliphatic heterocycles. The Morgan fingerprint density at radius 1 is 1.13 bits per heavy atom. The number of hydrogen-bond donors (Lipinski definition) is 0. The van der Waals surface area contributed by atoms with Gasteiger partial charge in [-0.25, -0.2) is 0 Å². The van der Waals surface area contributed by atoms with Crippen LogP contribution in [0.15, 0.2) is 0 Å². The Hall–Kier alpha value is -0.880. The van der Waals surface area contributed by atoms with Crippen LogP contribution in [0.4, 0.5) is 22.0 Å². The van der Waals surface area contributed by atoms with Crippen LogP contribution in [-0.4, -0.2) is 36.0 Å². The molecular formula is C8H12F5NO. The molecule has 0 N–H and O–H groups in total. The molecule has 90 valence electrons. The fraction of sp³-hybridized carbons (Fsp3) is 0.875. The fourth-order valence-electron chi connectivity index (χ4n) is 0.993. The van der Waals surface area contributed by atoms with Crippen molar-refractivity contribution in [3.8, 4) is 0 Å². The van der Waals surface area contributed by atoms with E-state index in [0.717, 1.165) is 0 Å². The van der Waals surface area contributed by atoms with Crippen molar-refractivity contribution in [1.82, 2.24) is 4.90 Å². The largest absolute Gasteiger partial charge is 0.463 e. The number of halogens is 5. The maximum atomic E-state index is 12.6. The SMILES string of the molecule is CCCN(CC)C(=O)C(F)(F)C(F)(F)F. The minimum absolute atomic E-state index is 0.110. The monoisotopic (exact) mass is 233 g/mol. The molecule has 0 bridgehead atoms. The molecule has 2 nitrogen and oxygen atoms in total. The Balaban J connectivity index is 4.81. The second kappa shape index (κ2) is 4.76. The van der Waals surface area contributed by atoms with E-state index in [1.807, 2.05) is 0 Å². The van der Waals surface area contributed by atoms with Crippen LogP contribution >= 0.6 is 0 Å². The maximum absolute atomic E-state index is 12.6. The van der Waals surface area contributed by atoms with Crippen LogP contribution in [0.1, 0.15) is 20.3 Å². The Morgan fingerprint density at radius 3 is 1.87 bits per heavy atom. The summed E-state index contributed by atoms with van der Waals surface area (Å²) in [5, 5.41) is 0. The van der Waals surface area contributed by atoms with Gasteiger partial charge in [0.05, 0.1) is 0 Å². The van der Waals surface area contributed by atoms with Crippen LogP contribution in [0.2, 0.25) is 0 Å². The first-order valence-electron chi connectivity index (χ1n) is 4.42. The van der Waals surface area contributed by atoms with E-state index in [0.29, 0.717) is 11.3 Å². The molecule has 0 saturated heterocycles. The highest BCUT2D eigenvalue weighted by Gasteiger charge is 2.64. The molecule has 1 amide bonds. The molecule has 0 radical (unpaired) electrons. The van der Waals surface area contributed by atoms with Gasteiger partial charge in [-0.2, -0.15) is 22.0 Å². The summed E-state index contributed by atoms with van der Waals surface area (Å²) in [5.41, 5.74) is 0. The van der Waals surface area contributed by atoms with Crippen molar-refractivity contribution in [1.29, 1.82) is 0 Å². The summed E-state index contributed by atoms with van der Waals surface area (Å²) in [6.07, 6.45) is -5.50. The van der Waals surface area contributed by atoms with Crippen molar-refractivity contribution in [2.75, 3.05) is 13.1 Å². The molecule has 15 heavy (non-hydrogen) atoms. The minimum atomic E-state index is -5.83. The summed E-state index contributed by atoms with van der Waals surface area (Å²) >= 11 is 0. The number of rotatable bonds is 4. The van der Waals surface area contributed by atoms with E-state index < -0.39 is 18.0 Å². The summed E-state index contributed by atoms with van der Waals surface area (Å²) < 4.78 is 60.6.